The molecule has 1 aromatic heterocycles. The van der Waals surface area contributed by atoms with Crippen LogP contribution in [0.1, 0.15) is 18.9 Å². The standard InChI is InChI=1S/C15H16F2N2O/c1-2-6-18-15-8-11(5-7-19-15)10-20-14-9-12(16)3-4-13(14)17/h3-5,7-9H,2,6,10H2,1H3,(H,18,19). The van der Waals surface area contributed by atoms with Crippen LogP contribution in [0.4, 0.5) is 14.6 Å². The van der Waals surface area contributed by atoms with E-state index in [-0.39, 0.29) is 12.4 Å². The molecule has 2 rings (SSSR count). The van der Waals surface area contributed by atoms with E-state index in [1.165, 1.54) is 0 Å². The number of halogens is 2. The third-order valence-corrected chi connectivity index (χ3v) is 2.67. The van der Waals surface area contributed by atoms with Crippen molar-refractivity contribution in [3.63, 3.8) is 0 Å². The molecule has 1 heterocycles. The second kappa shape index (κ2) is 6.84. The molecule has 0 amide bonds. The van der Waals surface area contributed by atoms with Gasteiger partial charge in [0.15, 0.2) is 11.6 Å². The van der Waals surface area contributed by atoms with E-state index in [1.54, 1.807) is 12.3 Å². The lowest BCUT2D eigenvalue weighted by molar-refractivity contribution is 0.288. The predicted molar refractivity (Wildman–Crippen MR) is 73.7 cm³/mol. The van der Waals surface area contributed by atoms with E-state index in [9.17, 15) is 8.78 Å². The largest absolute Gasteiger partial charge is 0.486 e. The Morgan fingerprint density at radius 3 is 2.85 bits per heavy atom. The van der Waals surface area contributed by atoms with Crippen molar-refractivity contribution in [3.8, 4) is 5.75 Å². The van der Waals surface area contributed by atoms with Gasteiger partial charge in [-0.15, -0.1) is 0 Å². The number of pyridine rings is 1. The van der Waals surface area contributed by atoms with Gasteiger partial charge in [0, 0.05) is 18.8 Å². The highest BCUT2D eigenvalue weighted by molar-refractivity contribution is 5.37. The summed E-state index contributed by atoms with van der Waals surface area (Å²) in [7, 11) is 0. The van der Waals surface area contributed by atoms with E-state index in [4.69, 9.17) is 4.74 Å². The first kappa shape index (κ1) is 14.2. The van der Waals surface area contributed by atoms with Crippen LogP contribution in [-0.4, -0.2) is 11.5 Å². The Morgan fingerprint density at radius 1 is 1.20 bits per heavy atom. The van der Waals surface area contributed by atoms with Crippen LogP contribution >= 0.6 is 0 Å². The van der Waals surface area contributed by atoms with Crippen molar-refractivity contribution in [1.82, 2.24) is 4.98 Å². The van der Waals surface area contributed by atoms with Crippen LogP contribution in [0.2, 0.25) is 0 Å². The molecule has 0 spiro atoms. The molecule has 0 aliphatic heterocycles. The number of nitrogens with zero attached hydrogens (tertiary/aromatic N) is 1. The van der Waals surface area contributed by atoms with Crippen molar-refractivity contribution in [2.24, 2.45) is 0 Å². The molecule has 0 saturated heterocycles. The van der Waals surface area contributed by atoms with Gasteiger partial charge in [-0.2, -0.15) is 0 Å². The fourth-order valence-corrected chi connectivity index (χ4v) is 1.66. The van der Waals surface area contributed by atoms with Crippen LogP contribution in [0.5, 0.6) is 5.75 Å². The zero-order valence-electron chi connectivity index (χ0n) is 11.2. The fourth-order valence-electron chi connectivity index (χ4n) is 1.66. The molecule has 0 aliphatic carbocycles. The quantitative estimate of drug-likeness (QED) is 0.873. The van der Waals surface area contributed by atoms with E-state index in [0.29, 0.717) is 0 Å². The molecular weight excluding hydrogens is 262 g/mol. The van der Waals surface area contributed by atoms with E-state index in [1.807, 2.05) is 6.07 Å². The van der Waals surface area contributed by atoms with Crippen LogP contribution in [0.15, 0.2) is 36.5 Å². The van der Waals surface area contributed by atoms with Crippen molar-refractivity contribution in [2.75, 3.05) is 11.9 Å². The molecule has 5 heteroatoms. The zero-order chi connectivity index (χ0) is 14.4. The Balaban J connectivity index is 2.01. The SMILES string of the molecule is CCCNc1cc(COc2cc(F)ccc2F)ccn1. The Hall–Kier alpha value is -2.17. The minimum absolute atomic E-state index is 0.0927. The van der Waals surface area contributed by atoms with Gasteiger partial charge in [0.25, 0.3) is 0 Å². The summed E-state index contributed by atoms with van der Waals surface area (Å²) in [6.45, 7) is 3.05. The Bertz CT molecular complexity index is 576. The molecule has 1 aromatic carbocycles. The van der Waals surface area contributed by atoms with Crippen LogP contribution in [0.25, 0.3) is 0 Å². The summed E-state index contributed by atoms with van der Waals surface area (Å²) in [6, 6.07) is 6.74. The molecule has 3 nitrogen and oxygen atoms in total. The third kappa shape index (κ3) is 3.91. The number of anilines is 1. The molecule has 1 N–H and O–H groups in total. The summed E-state index contributed by atoms with van der Waals surface area (Å²) in [5.41, 5.74) is 0.835. The number of hydrogen-bond acceptors (Lipinski definition) is 3. The molecule has 0 unspecified atom stereocenters. The first-order chi connectivity index (χ1) is 9.69. The number of nitrogens with one attached hydrogen (secondary N) is 1. The fraction of sp³-hybridized carbons (Fsp3) is 0.267. The summed E-state index contributed by atoms with van der Waals surface area (Å²) >= 11 is 0. The topological polar surface area (TPSA) is 34.1 Å². The maximum atomic E-state index is 13.4. The first-order valence-electron chi connectivity index (χ1n) is 6.45. The van der Waals surface area contributed by atoms with Crippen molar-refractivity contribution in [1.29, 1.82) is 0 Å². The molecule has 0 radical (unpaired) electrons. The van der Waals surface area contributed by atoms with Gasteiger partial charge in [0.2, 0.25) is 0 Å². The predicted octanol–water partition coefficient (Wildman–Crippen LogP) is 3.76. The van der Waals surface area contributed by atoms with E-state index in [2.05, 4.69) is 17.2 Å². The summed E-state index contributed by atoms with van der Waals surface area (Å²) in [4.78, 5) is 4.16. The maximum Gasteiger partial charge on any atom is 0.165 e. The molecule has 20 heavy (non-hydrogen) atoms. The van der Waals surface area contributed by atoms with Gasteiger partial charge in [-0.25, -0.2) is 13.8 Å². The summed E-state index contributed by atoms with van der Waals surface area (Å²) in [5.74, 6) is -0.455. The molecule has 106 valence electrons. The second-order valence-corrected chi connectivity index (χ2v) is 4.34. The average Bonchev–Trinajstić information content (AvgIpc) is 2.46. The van der Waals surface area contributed by atoms with Gasteiger partial charge in [-0.05, 0) is 36.2 Å². The molecule has 2 aromatic rings. The molecule has 0 atom stereocenters. The second-order valence-electron chi connectivity index (χ2n) is 4.34. The number of benzene rings is 1. The third-order valence-electron chi connectivity index (χ3n) is 2.67. The summed E-state index contributed by atoms with van der Waals surface area (Å²) in [6.07, 6.45) is 2.65. The molecule has 0 fully saturated rings. The van der Waals surface area contributed by atoms with Crippen molar-refractivity contribution in [3.05, 3.63) is 53.7 Å². The lowest BCUT2D eigenvalue weighted by Crippen LogP contribution is -2.03. The minimum Gasteiger partial charge on any atom is -0.486 e. The van der Waals surface area contributed by atoms with Gasteiger partial charge in [-0.3, -0.25) is 0 Å². The lowest BCUT2D eigenvalue weighted by Gasteiger charge is -2.09. The molecule has 0 aliphatic rings. The Kier molecular flexibility index (Phi) is 4.87. The number of aromatic nitrogens is 1. The highest BCUT2D eigenvalue weighted by Gasteiger charge is 2.05. The van der Waals surface area contributed by atoms with Gasteiger partial charge >= 0.3 is 0 Å². The van der Waals surface area contributed by atoms with Crippen LogP contribution < -0.4 is 10.1 Å². The summed E-state index contributed by atoms with van der Waals surface area (Å²) in [5, 5.41) is 3.15. The van der Waals surface area contributed by atoms with Crippen LogP contribution in [0.3, 0.4) is 0 Å². The van der Waals surface area contributed by atoms with Gasteiger partial charge in [0.1, 0.15) is 18.2 Å². The van der Waals surface area contributed by atoms with Gasteiger partial charge in [0.05, 0.1) is 0 Å². The van der Waals surface area contributed by atoms with E-state index < -0.39 is 11.6 Å². The Morgan fingerprint density at radius 2 is 2.05 bits per heavy atom. The van der Waals surface area contributed by atoms with E-state index >= 15 is 0 Å². The van der Waals surface area contributed by atoms with Gasteiger partial charge in [-0.1, -0.05) is 6.92 Å². The molecular formula is C15H16F2N2O. The number of ether oxygens (including phenoxy) is 1. The van der Waals surface area contributed by atoms with Crippen molar-refractivity contribution in [2.45, 2.75) is 20.0 Å². The Labute approximate surface area is 116 Å². The normalized spacial score (nSPS) is 10.3. The zero-order valence-corrected chi connectivity index (χ0v) is 11.2. The minimum atomic E-state index is -0.579. The highest BCUT2D eigenvalue weighted by Crippen LogP contribution is 2.19. The smallest absolute Gasteiger partial charge is 0.165 e. The molecule has 0 bridgehead atoms. The number of hydrogen-bond donors (Lipinski definition) is 1. The summed E-state index contributed by atoms with van der Waals surface area (Å²) < 4.78 is 31.7. The van der Waals surface area contributed by atoms with Crippen LogP contribution in [-0.2, 0) is 6.61 Å². The van der Waals surface area contributed by atoms with Crippen molar-refractivity contribution >= 4 is 5.82 Å². The lowest BCUT2D eigenvalue weighted by atomic mass is 10.2. The van der Waals surface area contributed by atoms with E-state index in [0.717, 1.165) is 42.5 Å². The molecule has 0 saturated carbocycles. The van der Waals surface area contributed by atoms with Gasteiger partial charge < -0.3 is 10.1 Å². The maximum absolute atomic E-state index is 13.4. The average molecular weight is 278 g/mol. The monoisotopic (exact) mass is 278 g/mol. The first-order valence-corrected chi connectivity index (χ1v) is 6.45. The number of rotatable bonds is 6. The van der Waals surface area contributed by atoms with Crippen LogP contribution in [0, 0.1) is 11.6 Å². The van der Waals surface area contributed by atoms with Crippen molar-refractivity contribution < 1.29 is 13.5 Å². The highest BCUT2D eigenvalue weighted by atomic mass is 19.1.